The fraction of sp³-hybridized carbons (Fsp3) is 0.839. The number of nitrogens with zero attached hydrogens (tertiary/aromatic N) is 2. The van der Waals surface area contributed by atoms with Gasteiger partial charge in [-0.05, 0) is 132 Å². The van der Waals surface area contributed by atoms with Crippen molar-refractivity contribution < 1.29 is 5.11 Å². The first-order valence-electron chi connectivity index (χ1n) is 14.3. The standard InChI is InChI=1S/C31H50N2O/c1-19(2)21-14-17-32-27(21)18-20(3)23-10-11-24-22-8-9-26-29(34)28(33(6)7)13-16-31(26,5)25(22)12-15-30(23,24)4/h8,20,23-26,28-29,34H,9-18H2,1-7H3/t20-,23-,24+,25+,26+,28+,29-,30-,31-/m1/s1. The Hall–Kier alpha value is -0.930. The molecule has 0 saturated heterocycles. The van der Waals surface area contributed by atoms with Crippen molar-refractivity contribution in [2.75, 3.05) is 20.6 Å². The average molecular weight is 467 g/mol. The molecule has 34 heavy (non-hydrogen) atoms. The Kier molecular flexibility index (Phi) is 6.46. The Bertz CT molecular complexity index is 895. The second-order valence-corrected chi connectivity index (χ2v) is 13.7. The van der Waals surface area contributed by atoms with E-state index in [-0.39, 0.29) is 11.5 Å². The van der Waals surface area contributed by atoms with Crippen LogP contribution >= 0.6 is 0 Å². The third-order valence-corrected chi connectivity index (χ3v) is 11.7. The zero-order valence-electron chi connectivity index (χ0n) is 23.0. The summed E-state index contributed by atoms with van der Waals surface area (Å²) in [4.78, 5) is 7.21. The van der Waals surface area contributed by atoms with Crippen LogP contribution in [0.3, 0.4) is 0 Å². The number of aliphatic imine (C=N–C) groups is 1. The molecule has 0 aromatic carbocycles. The number of rotatable bonds is 4. The monoisotopic (exact) mass is 466 g/mol. The van der Waals surface area contributed by atoms with Gasteiger partial charge >= 0.3 is 0 Å². The van der Waals surface area contributed by atoms with E-state index in [9.17, 15) is 5.11 Å². The molecule has 9 atom stereocenters. The maximum absolute atomic E-state index is 11.4. The highest BCUT2D eigenvalue weighted by Crippen LogP contribution is 2.67. The molecule has 5 aliphatic rings. The molecule has 0 spiro atoms. The molecule has 3 saturated carbocycles. The molecular weight excluding hydrogens is 416 g/mol. The van der Waals surface area contributed by atoms with Gasteiger partial charge in [-0.25, -0.2) is 0 Å². The van der Waals surface area contributed by atoms with Crippen LogP contribution in [-0.2, 0) is 0 Å². The van der Waals surface area contributed by atoms with E-state index in [1.165, 1.54) is 49.8 Å². The molecule has 3 nitrogen and oxygen atoms in total. The molecule has 0 aromatic rings. The molecule has 1 heterocycles. The number of hydrogen-bond acceptors (Lipinski definition) is 3. The van der Waals surface area contributed by atoms with Crippen LogP contribution in [-0.4, -0.2) is 48.5 Å². The summed E-state index contributed by atoms with van der Waals surface area (Å²) in [5.74, 6) is 3.39. The average Bonchev–Trinajstić information content (AvgIpc) is 3.37. The summed E-state index contributed by atoms with van der Waals surface area (Å²) >= 11 is 0. The van der Waals surface area contributed by atoms with Gasteiger partial charge in [0.2, 0.25) is 0 Å². The van der Waals surface area contributed by atoms with E-state index in [4.69, 9.17) is 4.99 Å². The van der Waals surface area contributed by atoms with Crippen LogP contribution in [0.1, 0.15) is 92.4 Å². The van der Waals surface area contributed by atoms with Gasteiger partial charge in [-0.1, -0.05) is 38.0 Å². The first-order chi connectivity index (χ1) is 16.1. The van der Waals surface area contributed by atoms with Crippen LogP contribution in [0.5, 0.6) is 0 Å². The molecule has 0 unspecified atom stereocenters. The van der Waals surface area contributed by atoms with Crippen molar-refractivity contribution in [1.82, 2.24) is 4.90 Å². The van der Waals surface area contributed by atoms with Gasteiger partial charge in [0.15, 0.2) is 0 Å². The SMILES string of the molecule is CC(C)=C1CCN=C1C[C@@H](C)[C@H]1CC[C@H]2C3=CC[C@H]4[C@@H](O)[C@@H](N(C)C)CC[C@]4(C)[C@H]3CC[C@]12C. The number of hydrogen-bond donors (Lipinski definition) is 1. The van der Waals surface area contributed by atoms with Gasteiger partial charge in [-0.2, -0.15) is 0 Å². The molecule has 3 fully saturated rings. The number of aliphatic hydroxyl groups excluding tert-OH is 1. The van der Waals surface area contributed by atoms with Crippen LogP contribution < -0.4 is 0 Å². The zero-order valence-corrected chi connectivity index (χ0v) is 23.0. The number of allylic oxidation sites excluding steroid dienone is 3. The second-order valence-electron chi connectivity index (χ2n) is 13.7. The predicted molar refractivity (Wildman–Crippen MR) is 143 cm³/mol. The van der Waals surface area contributed by atoms with E-state index in [2.05, 4.69) is 59.7 Å². The van der Waals surface area contributed by atoms with Crippen molar-refractivity contribution in [2.45, 2.75) is 105 Å². The van der Waals surface area contributed by atoms with Crippen molar-refractivity contribution in [3.05, 3.63) is 22.8 Å². The Balaban J connectivity index is 1.36. The van der Waals surface area contributed by atoms with Gasteiger partial charge in [0.05, 0.1) is 6.10 Å². The lowest BCUT2D eigenvalue weighted by Crippen LogP contribution is -2.57. The molecule has 0 bridgehead atoms. The van der Waals surface area contributed by atoms with Gasteiger partial charge < -0.3 is 10.0 Å². The van der Waals surface area contributed by atoms with Gasteiger partial charge in [-0.15, -0.1) is 0 Å². The summed E-state index contributed by atoms with van der Waals surface area (Å²) in [7, 11) is 4.29. The lowest BCUT2D eigenvalue weighted by molar-refractivity contribution is -0.100. The fourth-order valence-corrected chi connectivity index (χ4v) is 9.82. The molecular formula is C31H50N2O. The lowest BCUT2D eigenvalue weighted by atomic mass is 9.47. The van der Waals surface area contributed by atoms with Crippen molar-refractivity contribution in [2.24, 2.45) is 45.4 Å². The second kappa shape index (κ2) is 8.87. The maximum Gasteiger partial charge on any atom is 0.0731 e. The summed E-state index contributed by atoms with van der Waals surface area (Å²) in [6, 6.07) is 0.322. The van der Waals surface area contributed by atoms with Gasteiger partial charge in [-0.3, -0.25) is 4.99 Å². The highest BCUT2D eigenvalue weighted by Gasteiger charge is 2.59. The minimum atomic E-state index is -0.187. The number of fused-ring (bicyclic) bond motifs is 5. The van der Waals surface area contributed by atoms with Crippen molar-refractivity contribution in [1.29, 1.82) is 0 Å². The number of likely N-dealkylation sites (N-methyl/N-ethyl adjacent to an activating group) is 1. The Morgan fingerprint density at radius 2 is 1.79 bits per heavy atom. The zero-order chi connectivity index (χ0) is 24.4. The normalized spacial score (nSPS) is 44.8. The summed E-state index contributed by atoms with van der Waals surface area (Å²) in [5.41, 5.74) is 6.97. The Labute approximate surface area is 209 Å². The number of aliphatic hydroxyl groups is 1. The molecule has 4 aliphatic carbocycles. The maximum atomic E-state index is 11.4. The van der Waals surface area contributed by atoms with Gasteiger partial charge in [0.25, 0.3) is 0 Å². The Morgan fingerprint density at radius 3 is 2.50 bits per heavy atom. The van der Waals surface area contributed by atoms with E-state index in [0.717, 1.165) is 37.6 Å². The summed E-state index contributed by atoms with van der Waals surface area (Å²) in [5, 5.41) is 11.4. The van der Waals surface area contributed by atoms with Crippen molar-refractivity contribution in [3.63, 3.8) is 0 Å². The highest BCUT2D eigenvalue weighted by molar-refractivity contribution is 6.02. The first-order valence-corrected chi connectivity index (χ1v) is 14.3. The summed E-state index contributed by atoms with van der Waals surface area (Å²) < 4.78 is 0. The molecule has 1 aliphatic heterocycles. The van der Waals surface area contributed by atoms with Crippen molar-refractivity contribution in [3.8, 4) is 0 Å². The molecule has 190 valence electrons. The Morgan fingerprint density at radius 1 is 1.09 bits per heavy atom. The topological polar surface area (TPSA) is 35.8 Å². The van der Waals surface area contributed by atoms with Crippen LogP contribution in [0.4, 0.5) is 0 Å². The van der Waals surface area contributed by atoms with E-state index in [1.54, 1.807) is 11.1 Å². The summed E-state index contributed by atoms with van der Waals surface area (Å²) in [6.07, 6.45) is 13.7. The van der Waals surface area contributed by atoms with E-state index in [1.807, 2.05) is 0 Å². The summed E-state index contributed by atoms with van der Waals surface area (Å²) in [6.45, 7) is 13.2. The van der Waals surface area contributed by atoms with Crippen molar-refractivity contribution >= 4 is 5.71 Å². The molecule has 3 heteroatoms. The van der Waals surface area contributed by atoms with E-state index in [0.29, 0.717) is 29.2 Å². The largest absolute Gasteiger partial charge is 0.391 e. The highest BCUT2D eigenvalue weighted by atomic mass is 16.3. The molecule has 0 radical (unpaired) electrons. The van der Waals surface area contributed by atoms with E-state index >= 15 is 0 Å². The third kappa shape index (κ3) is 3.71. The molecule has 0 aromatic heterocycles. The molecule has 5 rings (SSSR count). The predicted octanol–water partition coefficient (Wildman–Crippen LogP) is 6.67. The van der Waals surface area contributed by atoms with Crippen LogP contribution in [0.15, 0.2) is 27.8 Å². The first kappa shape index (κ1) is 24.8. The lowest BCUT2D eigenvalue weighted by Gasteiger charge is -2.59. The van der Waals surface area contributed by atoms with Gasteiger partial charge in [0, 0.05) is 18.3 Å². The smallest absolute Gasteiger partial charge is 0.0731 e. The quantitative estimate of drug-likeness (QED) is 0.469. The molecule has 1 N–H and O–H groups in total. The van der Waals surface area contributed by atoms with Gasteiger partial charge in [0.1, 0.15) is 0 Å². The molecule has 0 amide bonds. The van der Waals surface area contributed by atoms with Crippen LogP contribution in [0.2, 0.25) is 0 Å². The minimum Gasteiger partial charge on any atom is -0.391 e. The minimum absolute atomic E-state index is 0.187. The van der Waals surface area contributed by atoms with Crippen LogP contribution in [0.25, 0.3) is 0 Å². The van der Waals surface area contributed by atoms with E-state index < -0.39 is 0 Å². The fourth-order valence-electron chi connectivity index (χ4n) is 9.82. The van der Waals surface area contributed by atoms with Crippen LogP contribution in [0, 0.1) is 40.4 Å². The third-order valence-electron chi connectivity index (χ3n) is 11.7.